The highest BCUT2D eigenvalue weighted by atomic mass is 35.5. The Balaban J connectivity index is 2.46. The number of halogens is 6. The van der Waals surface area contributed by atoms with Crippen LogP contribution < -0.4 is 5.32 Å². The maximum atomic E-state index is 13.8. The molecule has 3 nitrogen and oxygen atoms in total. The summed E-state index contributed by atoms with van der Waals surface area (Å²) in [4.78, 5) is 15.5. The average Bonchev–Trinajstić information content (AvgIpc) is 2.42. The minimum absolute atomic E-state index is 0.0174. The molecule has 1 heterocycles. The molecular weight excluding hydrogens is 347 g/mol. The average molecular weight is 353 g/mol. The van der Waals surface area contributed by atoms with Gasteiger partial charge < -0.3 is 5.32 Å². The van der Waals surface area contributed by atoms with Gasteiger partial charge in [0, 0.05) is 11.3 Å². The Morgan fingerprint density at radius 2 is 1.55 bits per heavy atom. The highest BCUT2D eigenvalue weighted by Crippen LogP contribution is 2.25. The number of anilines is 1. The van der Waals surface area contributed by atoms with Gasteiger partial charge in [-0.2, -0.15) is 0 Å². The van der Waals surface area contributed by atoms with Gasteiger partial charge >= 0.3 is 0 Å². The lowest BCUT2D eigenvalue weighted by atomic mass is 10.1. The van der Waals surface area contributed by atoms with Gasteiger partial charge in [-0.3, -0.25) is 4.79 Å². The first-order valence-corrected chi connectivity index (χ1v) is 6.45. The SMILES string of the molecule is Cc1c(F)c(F)c(F)c(C(=O)Nc2cc(Cl)nc(Cl)c2)c1F. The van der Waals surface area contributed by atoms with Crippen molar-refractivity contribution in [3.8, 4) is 0 Å². The summed E-state index contributed by atoms with van der Waals surface area (Å²) < 4.78 is 54.0. The summed E-state index contributed by atoms with van der Waals surface area (Å²) in [5.74, 6) is -8.38. The summed E-state index contributed by atoms with van der Waals surface area (Å²) in [5, 5.41) is 1.92. The molecular formula is C13H6Cl2F4N2O. The molecule has 1 amide bonds. The summed E-state index contributed by atoms with van der Waals surface area (Å²) in [6.07, 6.45) is 0. The van der Waals surface area contributed by atoms with Crippen molar-refractivity contribution in [1.82, 2.24) is 4.98 Å². The van der Waals surface area contributed by atoms with Crippen LogP contribution in [-0.2, 0) is 0 Å². The number of amides is 1. The third kappa shape index (κ3) is 3.00. The van der Waals surface area contributed by atoms with Crippen LogP contribution in [0.5, 0.6) is 0 Å². The van der Waals surface area contributed by atoms with Crippen molar-refractivity contribution in [3.05, 3.63) is 56.8 Å². The maximum Gasteiger partial charge on any atom is 0.261 e. The Labute approximate surface area is 131 Å². The van der Waals surface area contributed by atoms with Crippen LogP contribution in [0.2, 0.25) is 10.3 Å². The molecule has 22 heavy (non-hydrogen) atoms. The van der Waals surface area contributed by atoms with E-state index in [2.05, 4.69) is 10.3 Å². The molecule has 116 valence electrons. The van der Waals surface area contributed by atoms with Crippen molar-refractivity contribution in [2.24, 2.45) is 0 Å². The zero-order chi connectivity index (χ0) is 16.6. The number of benzene rings is 1. The summed E-state index contributed by atoms with van der Waals surface area (Å²) >= 11 is 11.2. The number of hydrogen-bond acceptors (Lipinski definition) is 2. The lowest BCUT2D eigenvalue weighted by Gasteiger charge is -2.10. The van der Waals surface area contributed by atoms with E-state index in [1.54, 1.807) is 0 Å². The summed E-state index contributed by atoms with van der Waals surface area (Å²) in [6.45, 7) is 0.879. The van der Waals surface area contributed by atoms with Crippen molar-refractivity contribution in [1.29, 1.82) is 0 Å². The van der Waals surface area contributed by atoms with E-state index in [4.69, 9.17) is 23.2 Å². The van der Waals surface area contributed by atoms with Crippen molar-refractivity contribution >= 4 is 34.8 Å². The van der Waals surface area contributed by atoms with Crippen LogP contribution in [0.4, 0.5) is 23.2 Å². The number of nitrogens with zero attached hydrogens (tertiary/aromatic N) is 1. The van der Waals surface area contributed by atoms with Crippen LogP contribution in [0.25, 0.3) is 0 Å². The van der Waals surface area contributed by atoms with Crippen LogP contribution in [0.1, 0.15) is 15.9 Å². The molecule has 2 rings (SSSR count). The number of pyridine rings is 1. The molecule has 1 N–H and O–H groups in total. The number of rotatable bonds is 2. The summed E-state index contributed by atoms with van der Waals surface area (Å²) in [6, 6.07) is 2.32. The molecule has 0 unspecified atom stereocenters. The summed E-state index contributed by atoms with van der Waals surface area (Å²) in [5.41, 5.74) is -2.08. The molecule has 0 aliphatic heterocycles. The molecule has 0 saturated heterocycles. The standard InChI is InChI=1S/C13H6Cl2F4N2O/c1-4-9(16)8(11(18)12(19)10(4)17)13(22)20-5-2-6(14)21-7(15)3-5/h2-3H,1H3,(H,20,21,22). The smallest absolute Gasteiger partial charge is 0.261 e. The van der Waals surface area contributed by atoms with Gasteiger partial charge in [-0.1, -0.05) is 23.2 Å². The number of hydrogen-bond donors (Lipinski definition) is 1. The molecule has 0 bridgehead atoms. The Bertz CT molecular complexity index is 734. The molecule has 0 fully saturated rings. The van der Waals surface area contributed by atoms with Gasteiger partial charge in [-0.25, -0.2) is 22.5 Å². The van der Waals surface area contributed by atoms with Gasteiger partial charge in [-0.05, 0) is 19.1 Å². The van der Waals surface area contributed by atoms with Gasteiger partial charge in [0.25, 0.3) is 5.91 Å². The number of nitrogens with one attached hydrogen (secondary N) is 1. The van der Waals surface area contributed by atoms with Crippen LogP contribution in [0, 0.1) is 30.2 Å². The molecule has 0 atom stereocenters. The first kappa shape index (κ1) is 16.5. The van der Waals surface area contributed by atoms with Gasteiger partial charge in [0.05, 0.1) is 0 Å². The summed E-state index contributed by atoms with van der Waals surface area (Å²) in [7, 11) is 0. The molecule has 0 spiro atoms. The first-order chi connectivity index (χ1) is 10.2. The van der Waals surface area contributed by atoms with Crippen molar-refractivity contribution in [3.63, 3.8) is 0 Å². The fraction of sp³-hybridized carbons (Fsp3) is 0.0769. The second-order valence-corrected chi connectivity index (χ2v) is 4.99. The largest absolute Gasteiger partial charge is 0.322 e. The van der Waals surface area contributed by atoms with Gasteiger partial charge in [0.1, 0.15) is 21.7 Å². The highest BCUT2D eigenvalue weighted by molar-refractivity contribution is 6.33. The third-order valence-electron chi connectivity index (χ3n) is 2.73. The topological polar surface area (TPSA) is 42.0 Å². The Morgan fingerprint density at radius 1 is 1.00 bits per heavy atom. The molecule has 1 aromatic carbocycles. The fourth-order valence-electron chi connectivity index (χ4n) is 1.68. The zero-order valence-corrected chi connectivity index (χ0v) is 12.3. The molecule has 0 radical (unpaired) electrons. The van der Waals surface area contributed by atoms with E-state index in [9.17, 15) is 22.4 Å². The monoisotopic (exact) mass is 352 g/mol. The molecule has 2 aromatic rings. The van der Waals surface area contributed by atoms with Crippen LogP contribution in [0.3, 0.4) is 0 Å². The van der Waals surface area contributed by atoms with Crippen LogP contribution in [-0.4, -0.2) is 10.9 Å². The molecule has 1 aromatic heterocycles. The van der Waals surface area contributed by atoms with E-state index >= 15 is 0 Å². The van der Waals surface area contributed by atoms with Crippen molar-refractivity contribution in [2.75, 3.05) is 5.32 Å². The van der Waals surface area contributed by atoms with E-state index in [-0.39, 0.29) is 16.0 Å². The van der Waals surface area contributed by atoms with Crippen molar-refractivity contribution in [2.45, 2.75) is 6.92 Å². The Hall–Kier alpha value is -1.86. The van der Waals surface area contributed by atoms with Gasteiger partial charge in [0.2, 0.25) is 0 Å². The number of carbonyl (C=O) groups is 1. The Morgan fingerprint density at radius 3 is 2.09 bits per heavy atom. The molecule has 0 saturated carbocycles. The molecule has 0 aliphatic rings. The second-order valence-electron chi connectivity index (χ2n) is 4.21. The van der Waals surface area contributed by atoms with Gasteiger partial charge in [0.15, 0.2) is 17.5 Å². The lowest BCUT2D eigenvalue weighted by molar-refractivity contribution is 0.101. The number of carbonyl (C=O) groups excluding carboxylic acids is 1. The number of aromatic nitrogens is 1. The van der Waals surface area contributed by atoms with Crippen LogP contribution >= 0.6 is 23.2 Å². The highest BCUT2D eigenvalue weighted by Gasteiger charge is 2.27. The third-order valence-corrected chi connectivity index (χ3v) is 3.12. The normalized spacial score (nSPS) is 10.7. The molecule has 0 aliphatic carbocycles. The first-order valence-electron chi connectivity index (χ1n) is 5.69. The zero-order valence-electron chi connectivity index (χ0n) is 10.8. The second kappa shape index (κ2) is 6.10. The van der Waals surface area contributed by atoms with E-state index in [0.717, 1.165) is 19.1 Å². The minimum atomic E-state index is -1.94. The van der Waals surface area contributed by atoms with E-state index in [1.807, 2.05) is 0 Å². The van der Waals surface area contributed by atoms with Crippen LogP contribution in [0.15, 0.2) is 12.1 Å². The quantitative estimate of drug-likeness (QED) is 0.374. The van der Waals surface area contributed by atoms with Crippen molar-refractivity contribution < 1.29 is 22.4 Å². The van der Waals surface area contributed by atoms with Gasteiger partial charge in [-0.15, -0.1) is 0 Å². The minimum Gasteiger partial charge on any atom is -0.322 e. The maximum absolute atomic E-state index is 13.8. The van der Waals surface area contributed by atoms with E-state index < -0.39 is 40.3 Å². The Kier molecular flexibility index (Phi) is 4.58. The molecule has 9 heteroatoms. The van der Waals surface area contributed by atoms with E-state index in [1.165, 1.54) is 0 Å². The fourth-order valence-corrected chi connectivity index (χ4v) is 2.14. The predicted octanol–water partition coefficient (Wildman–Crippen LogP) is 4.51. The van der Waals surface area contributed by atoms with E-state index in [0.29, 0.717) is 0 Å². The lowest BCUT2D eigenvalue weighted by Crippen LogP contribution is -2.19. The predicted molar refractivity (Wildman–Crippen MR) is 73.2 cm³/mol.